The first-order chi connectivity index (χ1) is 9.85. The van der Waals surface area contributed by atoms with E-state index in [1.165, 1.54) is 17.5 Å². The molecule has 0 saturated carbocycles. The molecule has 2 atom stereocenters. The number of hydrogen-bond donors (Lipinski definition) is 2. The predicted octanol–water partition coefficient (Wildman–Crippen LogP) is 2.63. The number of fused-ring (bicyclic) bond motifs is 1. The molecule has 1 aliphatic heterocycles. The van der Waals surface area contributed by atoms with Crippen molar-refractivity contribution in [1.29, 1.82) is 0 Å². The van der Waals surface area contributed by atoms with E-state index in [0.717, 1.165) is 36.4 Å². The van der Waals surface area contributed by atoms with E-state index in [-0.39, 0.29) is 6.04 Å². The minimum atomic E-state index is 0.278. The van der Waals surface area contributed by atoms with Gasteiger partial charge < -0.3 is 4.74 Å². The monoisotopic (exact) mass is 291 g/mol. The van der Waals surface area contributed by atoms with E-state index < -0.39 is 0 Å². The molecule has 1 aliphatic rings. The highest BCUT2D eigenvalue weighted by molar-refractivity contribution is 7.18. The molecule has 3 N–H and O–H groups in total. The molecular formula is C15H21N3OS. The molecule has 108 valence electrons. The molecular weight excluding hydrogens is 270 g/mol. The predicted molar refractivity (Wildman–Crippen MR) is 82.6 cm³/mol. The van der Waals surface area contributed by atoms with Crippen molar-refractivity contribution in [2.24, 2.45) is 5.84 Å². The highest BCUT2D eigenvalue weighted by atomic mass is 32.1. The molecule has 5 heteroatoms. The van der Waals surface area contributed by atoms with Crippen LogP contribution >= 0.6 is 11.3 Å². The van der Waals surface area contributed by atoms with Crippen molar-refractivity contribution in [3.63, 3.8) is 0 Å². The van der Waals surface area contributed by atoms with Gasteiger partial charge >= 0.3 is 0 Å². The first-order valence-corrected chi connectivity index (χ1v) is 8.09. The Morgan fingerprint density at radius 1 is 1.45 bits per heavy atom. The molecule has 0 bridgehead atoms. The minimum Gasteiger partial charge on any atom is -0.378 e. The topological polar surface area (TPSA) is 60.2 Å². The number of aromatic nitrogens is 1. The summed E-state index contributed by atoms with van der Waals surface area (Å²) in [6.45, 7) is 0.920. The summed E-state index contributed by atoms with van der Waals surface area (Å²) in [7, 11) is 0. The molecule has 2 heterocycles. The fourth-order valence-corrected chi connectivity index (χ4v) is 3.77. The van der Waals surface area contributed by atoms with Gasteiger partial charge in [0.05, 0.1) is 21.3 Å². The highest BCUT2D eigenvalue weighted by Crippen LogP contribution is 2.24. The number of hydrogen-bond acceptors (Lipinski definition) is 5. The smallest absolute Gasteiger partial charge is 0.0954 e. The van der Waals surface area contributed by atoms with Crippen LogP contribution in [0.4, 0.5) is 0 Å². The zero-order chi connectivity index (χ0) is 13.8. The Morgan fingerprint density at radius 2 is 2.35 bits per heavy atom. The standard InChI is InChI=1S/C15H21N3OS/c16-18-11(7-8-12-4-3-9-19-12)10-15-17-13-5-1-2-6-14(13)20-15/h1-2,5-6,11-12,18H,3-4,7-10,16H2. The normalized spacial score (nSPS) is 20.6. The number of nitrogens with two attached hydrogens (primary N) is 1. The molecule has 1 fully saturated rings. The number of benzene rings is 1. The summed E-state index contributed by atoms with van der Waals surface area (Å²) in [4.78, 5) is 4.67. The van der Waals surface area contributed by atoms with Crippen LogP contribution in [0.2, 0.25) is 0 Å². The van der Waals surface area contributed by atoms with Crippen LogP contribution < -0.4 is 11.3 Å². The molecule has 1 saturated heterocycles. The third-order valence-electron chi connectivity index (χ3n) is 3.86. The first-order valence-electron chi connectivity index (χ1n) is 7.27. The second kappa shape index (κ2) is 6.63. The van der Waals surface area contributed by atoms with Gasteiger partial charge in [-0.05, 0) is 37.8 Å². The fraction of sp³-hybridized carbons (Fsp3) is 0.533. The van der Waals surface area contributed by atoms with Crippen LogP contribution in [0.1, 0.15) is 30.7 Å². The van der Waals surface area contributed by atoms with Gasteiger partial charge in [-0.1, -0.05) is 12.1 Å². The van der Waals surface area contributed by atoms with Crippen LogP contribution in [-0.4, -0.2) is 23.7 Å². The van der Waals surface area contributed by atoms with Gasteiger partial charge in [-0.15, -0.1) is 11.3 Å². The zero-order valence-corrected chi connectivity index (χ0v) is 12.4. The van der Waals surface area contributed by atoms with Gasteiger partial charge in [0.1, 0.15) is 0 Å². The number of ether oxygens (including phenoxy) is 1. The van der Waals surface area contributed by atoms with E-state index in [1.54, 1.807) is 11.3 Å². The first kappa shape index (κ1) is 13.9. The zero-order valence-electron chi connectivity index (χ0n) is 11.5. The lowest BCUT2D eigenvalue weighted by Gasteiger charge is -2.16. The second-order valence-corrected chi connectivity index (χ2v) is 6.47. The third kappa shape index (κ3) is 3.35. The fourth-order valence-electron chi connectivity index (χ4n) is 2.72. The number of para-hydroxylation sites is 1. The van der Waals surface area contributed by atoms with Crippen molar-refractivity contribution < 1.29 is 4.74 Å². The number of thiazole rings is 1. The van der Waals surface area contributed by atoms with Crippen LogP contribution in [0.5, 0.6) is 0 Å². The van der Waals surface area contributed by atoms with Crippen LogP contribution in [-0.2, 0) is 11.2 Å². The lowest BCUT2D eigenvalue weighted by atomic mass is 10.0. The Morgan fingerprint density at radius 3 is 3.10 bits per heavy atom. The average Bonchev–Trinajstić information content (AvgIpc) is 3.11. The SMILES string of the molecule is NNC(CCC1CCCO1)Cc1nc2ccccc2s1. The summed E-state index contributed by atoms with van der Waals surface area (Å²) in [5, 5.41) is 1.15. The molecule has 0 amide bonds. The Labute approximate surface area is 123 Å². The Balaban J connectivity index is 1.58. The van der Waals surface area contributed by atoms with E-state index >= 15 is 0 Å². The Bertz CT molecular complexity index is 518. The van der Waals surface area contributed by atoms with E-state index in [2.05, 4.69) is 28.6 Å². The van der Waals surface area contributed by atoms with Gasteiger partial charge in [0, 0.05) is 19.1 Å². The maximum Gasteiger partial charge on any atom is 0.0954 e. The van der Waals surface area contributed by atoms with Gasteiger partial charge in [-0.2, -0.15) is 0 Å². The number of rotatable bonds is 6. The van der Waals surface area contributed by atoms with Crippen LogP contribution in [0, 0.1) is 0 Å². The molecule has 2 unspecified atom stereocenters. The number of nitrogens with one attached hydrogen (secondary N) is 1. The van der Waals surface area contributed by atoms with Crippen molar-refractivity contribution in [2.45, 2.75) is 44.2 Å². The van der Waals surface area contributed by atoms with Crippen LogP contribution in [0.3, 0.4) is 0 Å². The third-order valence-corrected chi connectivity index (χ3v) is 4.91. The summed E-state index contributed by atoms with van der Waals surface area (Å²) in [6, 6.07) is 8.54. The Hall–Kier alpha value is -1.01. The lowest BCUT2D eigenvalue weighted by Crippen LogP contribution is -2.37. The minimum absolute atomic E-state index is 0.278. The van der Waals surface area contributed by atoms with Crippen LogP contribution in [0.25, 0.3) is 10.2 Å². The van der Waals surface area contributed by atoms with E-state index in [9.17, 15) is 0 Å². The van der Waals surface area contributed by atoms with Gasteiger partial charge in [-0.3, -0.25) is 11.3 Å². The summed E-state index contributed by atoms with van der Waals surface area (Å²) in [6.07, 6.45) is 5.84. The molecule has 1 aromatic heterocycles. The van der Waals surface area contributed by atoms with Crippen LogP contribution in [0.15, 0.2) is 24.3 Å². The molecule has 0 aliphatic carbocycles. The molecule has 0 radical (unpaired) electrons. The van der Waals surface area contributed by atoms with Gasteiger partial charge in [0.15, 0.2) is 0 Å². The highest BCUT2D eigenvalue weighted by Gasteiger charge is 2.18. The van der Waals surface area contributed by atoms with Gasteiger partial charge in [0.2, 0.25) is 0 Å². The maximum absolute atomic E-state index is 5.69. The van der Waals surface area contributed by atoms with Crippen molar-refractivity contribution in [3.05, 3.63) is 29.3 Å². The van der Waals surface area contributed by atoms with Crippen molar-refractivity contribution in [3.8, 4) is 0 Å². The lowest BCUT2D eigenvalue weighted by molar-refractivity contribution is 0.0996. The largest absolute Gasteiger partial charge is 0.378 e. The molecule has 20 heavy (non-hydrogen) atoms. The van der Waals surface area contributed by atoms with E-state index in [0.29, 0.717) is 6.10 Å². The van der Waals surface area contributed by atoms with Gasteiger partial charge in [-0.25, -0.2) is 4.98 Å². The second-order valence-electron chi connectivity index (χ2n) is 5.36. The summed E-state index contributed by atoms with van der Waals surface area (Å²) in [5.41, 5.74) is 4.02. The molecule has 1 aromatic carbocycles. The summed E-state index contributed by atoms with van der Waals surface area (Å²) >= 11 is 1.76. The Kier molecular flexibility index (Phi) is 4.62. The van der Waals surface area contributed by atoms with Crippen molar-refractivity contribution >= 4 is 21.6 Å². The van der Waals surface area contributed by atoms with Crippen molar-refractivity contribution in [2.75, 3.05) is 6.61 Å². The van der Waals surface area contributed by atoms with Gasteiger partial charge in [0.25, 0.3) is 0 Å². The maximum atomic E-state index is 5.69. The number of nitrogens with zero attached hydrogens (tertiary/aromatic N) is 1. The summed E-state index contributed by atoms with van der Waals surface area (Å²) in [5.74, 6) is 5.69. The van der Waals surface area contributed by atoms with E-state index in [4.69, 9.17) is 10.6 Å². The average molecular weight is 291 g/mol. The van der Waals surface area contributed by atoms with Crippen molar-refractivity contribution in [1.82, 2.24) is 10.4 Å². The number of hydrazine groups is 1. The molecule has 0 spiro atoms. The molecule has 2 aromatic rings. The molecule has 4 nitrogen and oxygen atoms in total. The quantitative estimate of drug-likeness (QED) is 0.634. The van der Waals surface area contributed by atoms with E-state index in [1.807, 2.05) is 6.07 Å². The summed E-state index contributed by atoms with van der Waals surface area (Å²) < 4.78 is 6.91. The molecule has 3 rings (SSSR count).